The molecule has 0 bridgehead atoms. The maximum absolute atomic E-state index is 12.1. The number of carbonyl (C=O) groups excluding carboxylic acids is 1. The van der Waals surface area contributed by atoms with Gasteiger partial charge in [-0.3, -0.25) is 9.79 Å². The van der Waals surface area contributed by atoms with E-state index in [4.69, 9.17) is 4.74 Å². The lowest BCUT2D eigenvalue weighted by atomic mass is 9.89. The Labute approximate surface area is 165 Å². The van der Waals surface area contributed by atoms with Crippen molar-refractivity contribution < 1.29 is 9.53 Å². The fraction of sp³-hybridized carbons (Fsp3) is 0.905. The molecule has 2 rings (SSSR count). The highest BCUT2D eigenvalue weighted by molar-refractivity contribution is 5.80. The number of nitrogens with zero attached hydrogens (tertiary/aromatic N) is 1. The average molecular weight is 381 g/mol. The molecule has 0 aromatic carbocycles. The maximum atomic E-state index is 12.1. The fourth-order valence-electron chi connectivity index (χ4n) is 3.95. The number of carbonyl (C=O) groups is 1. The molecule has 156 valence electrons. The van der Waals surface area contributed by atoms with Crippen molar-refractivity contribution in [2.45, 2.75) is 83.7 Å². The number of ether oxygens (including phenoxy) is 1. The van der Waals surface area contributed by atoms with Crippen LogP contribution in [0.25, 0.3) is 0 Å². The van der Waals surface area contributed by atoms with Crippen LogP contribution < -0.4 is 16.0 Å². The predicted octanol–water partition coefficient (Wildman–Crippen LogP) is 2.98. The van der Waals surface area contributed by atoms with Crippen molar-refractivity contribution in [1.82, 2.24) is 16.0 Å². The summed E-state index contributed by atoms with van der Waals surface area (Å²) in [7, 11) is 0. The van der Waals surface area contributed by atoms with Crippen LogP contribution in [0.4, 0.5) is 0 Å². The zero-order valence-corrected chi connectivity index (χ0v) is 17.2. The van der Waals surface area contributed by atoms with E-state index < -0.39 is 0 Å². The molecule has 0 aromatic rings. The Balaban J connectivity index is 1.54. The van der Waals surface area contributed by atoms with Crippen LogP contribution in [0.2, 0.25) is 0 Å². The first kappa shape index (κ1) is 22.0. The van der Waals surface area contributed by atoms with Crippen LogP contribution in [-0.4, -0.2) is 50.8 Å². The van der Waals surface area contributed by atoms with Crippen molar-refractivity contribution in [3.63, 3.8) is 0 Å². The van der Waals surface area contributed by atoms with Crippen LogP contribution in [0.1, 0.15) is 77.6 Å². The highest BCUT2D eigenvalue weighted by Crippen LogP contribution is 2.23. The Morgan fingerprint density at radius 2 is 1.59 bits per heavy atom. The van der Waals surface area contributed by atoms with E-state index in [9.17, 15) is 4.79 Å². The molecule has 0 saturated heterocycles. The van der Waals surface area contributed by atoms with Gasteiger partial charge in [0.15, 0.2) is 5.96 Å². The summed E-state index contributed by atoms with van der Waals surface area (Å²) in [6.45, 7) is 5.79. The van der Waals surface area contributed by atoms with Crippen molar-refractivity contribution in [3.05, 3.63) is 0 Å². The predicted molar refractivity (Wildman–Crippen MR) is 111 cm³/mol. The molecule has 0 heterocycles. The van der Waals surface area contributed by atoms with Crippen LogP contribution in [0.3, 0.4) is 0 Å². The molecule has 6 nitrogen and oxygen atoms in total. The molecule has 0 radical (unpaired) electrons. The summed E-state index contributed by atoms with van der Waals surface area (Å²) >= 11 is 0. The first-order valence-electron chi connectivity index (χ1n) is 11.2. The smallest absolute Gasteiger partial charge is 0.223 e. The molecule has 2 aliphatic rings. The van der Waals surface area contributed by atoms with Crippen molar-refractivity contribution in [2.75, 3.05) is 32.8 Å². The van der Waals surface area contributed by atoms with E-state index >= 15 is 0 Å². The third kappa shape index (κ3) is 9.45. The zero-order valence-electron chi connectivity index (χ0n) is 17.2. The Bertz CT molecular complexity index is 430. The van der Waals surface area contributed by atoms with Gasteiger partial charge in [-0.05, 0) is 39.0 Å². The minimum Gasteiger partial charge on any atom is -0.378 e. The first-order valence-corrected chi connectivity index (χ1v) is 11.2. The van der Waals surface area contributed by atoms with Crippen LogP contribution in [0.5, 0.6) is 0 Å². The number of amides is 1. The topological polar surface area (TPSA) is 74.8 Å². The van der Waals surface area contributed by atoms with E-state index in [0.717, 1.165) is 44.9 Å². The number of hydrogen-bond donors (Lipinski definition) is 3. The molecular formula is C21H40N4O2. The SMILES string of the molecule is CCNC(=NCCCOC1CCCCC1)NCCNC(=O)C1CCCCC1. The van der Waals surface area contributed by atoms with Crippen molar-refractivity contribution in [2.24, 2.45) is 10.9 Å². The van der Waals surface area contributed by atoms with E-state index in [1.807, 2.05) is 0 Å². The molecule has 2 aliphatic carbocycles. The average Bonchev–Trinajstić information content (AvgIpc) is 2.72. The van der Waals surface area contributed by atoms with Gasteiger partial charge in [-0.2, -0.15) is 0 Å². The molecule has 0 aromatic heterocycles. The molecule has 2 saturated carbocycles. The van der Waals surface area contributed by atoms with Crippen molar-refractivity contribution >= 4 is 11.9 Å². The number of guanidine groups is 1. The second-order valence-electron chi connectivity index (χ2n) is 7.80. The maximum Gasteiger partial charge on any atom is 0.223 e. The summed E-state index contributed by atoms with van der Waals surface area (Å²) < 4.78 is 5.95. The van der Waals surface area contributed by atoms with Crippen LogP contribution in [0, 0.1) is 5.92 Å². The zero-order chi connectivity index (χ0) is 19.2. The van der Waals surface area contributed by atoms with Crippen LogP contribution in [-0.2, 0) is 9.53 Å². The van der Waals surface area contributed by atoms with Gasteiger partial charge in [0.25, 0.3) is 0 Å². The van der Waals surface area contributed by atoms with E-state index in [1.165, 1.54) is 51.4 Å². The van der Waals surface area contributed by atoms with Crippen LogP contribution >= 0.6 is 0 Å². The molecule has 2 fully saturated rings. The molecule has 3 N–H and O–H groups in total. The lowest BCUT2D eigenvalue weighted by molar-refractivity contribution is -0.125. The Kier molecular flexibility index (Phi) is 11.2. The molecule has 0 aliphatic heterocycles. The normalized spacial score (nSPS) is 19.7. The fourth-order valence-corrected chi connectivity index (χ4v) is 3.95. The quantitative estimate of drug-likeness (QED) is 0.309. The summed E-state index contributed by atoms with van der Waals surface area (Å²) in [5.74, 6) is 1.27. The van der Waals surface area contributed by atoms with Gasteiger partial charge in [-0.15, -0.1) is 0 Å². The monoisotopic (exact) mass is 380 g/mol. The Morgan fingerprint density at radius 3 is 2.30 bits per heavy atom. The first-order chi connectivity index (χ1) is 13.3. The van der Waals surface area contributed by atoms with Crippen LogP contribution in [0.15, 0.2) is 4.99 Å². The largest absolute Gasteiger partial charge is 0.378 e. The second kappa shape index (κ2) is 13.8. The van der Waals surface area contributed by atoms with E-state index in [1.54, 1.807) is 0 Å². The van der Waals surface area contributed by atoms with Gasteiger partial charge in [0.1, 0.15) is 0 Å². The standard InChI is InChI=1S/C21H40N4O2/c1-2-22-21(24-14-9-17-27-19-12-7-4-8-13-19)25-16-15-23-20(26)18-10-5-3-6-11-18/h18-19H,2-17H2,1H3,(H,23,26)(H2,22,24,25). The molecule has 0 unspecified atom stereocenters. The number of nitrogens with one attached hydrogen (secondary N) is 3. The van der Waals surface area contributed by atoms with Crippen molar-refractivity contribution in [3.8, 4) is 0 Å². The molecule has 6 heteroatoms. The molecule has 0 spiro atoms. The lowest BCUT2D eigenvalue weighted by Gasteiger charge is -2.21. The van der Waals surface area contributed by atoms with Gasteiger partial charge in [-0.25, -0.2) is 0 Å². The molecular weight excluding hydrogens is 340 g/mol. The minimum atomic E-state index is 0.221. The summed E-state index contributed by atoms with van der Waals surface area (Å²) in [4.78, 5) is 16.7. The van der Waals surface area contributed by atoms with Gasteiger partial charge < -0.3 is 20.7 Å². The Hall–Kier alpha value is -1.30. The highest BCUT2D eigenvalue weighted by atomic mass is 16.5. The minimum absolute atomic E-state index is 0.221. The molecule has 0 atom stereocenters. The van der Waals surface area contributed by atoms with E-state index in [-0.39, 0.29) is 11.8 Å². The summed E-state index contributed by atoms with van der Waals surface area (Å²) in [5, 5.41) is 9.62. The number of rotatable bonds is 10. The van der Waals surface area contributed by atoms with Crippen molar-refractivity contribution in [1.29, 1.82) is 0 Å². The third-order valence-corrected chi connectivity index (χ3v) is 5.51. The number of aliphatic imine (C=N–C) groups is 1. The Morgan fingerprint density at radius 1 is 0.926 bits per heavy atom. The number of hydrogen-bond acceptors (Lipinski definition) is 3. The molecule has 1 amide bonds. The van der Waals surface area contributed by atoms with E-state index in [2.05, 4.69) is 27.9 Å². The van der Waals surface area contributed by atoms with Gasteiger partial charge in [0.05, 0.1) is 6.10 Å². The second-order valence-corrected chi connectivity index (χ2v) is 7.80. The van der Waals surface area contributed by atoms with Gasteiger partial charge >= 0.3 is 0 Å². The highest BCUT2D eigenvalue weighted by Gasteiger charge is 2.20. The summed E-state index contributed by atoms with van der Waals surface area (Å²) in [6, 6.07) is 0. The van der Waals surface area contributed by atoms with E-state index in [0.29, 0.717) is 19.2 Å². The van der Waals surface area contributed by atoms with Gasteiger partial charge in [-0.1, -0.05) is 38.5 Å². The third-order valence-electron chi connectivity index (χ3n) is 5.51. The lowest BCUT2D eigenvalue weighted by Crippen LogP contribution is -2.42. The summed E-state index contributed by atoms with van der Waals surface area (Å²) in [5.41, 5.74) is 0. The van der Waals surface area contributed by atoms with Gasteiger partial charge in [0.2, 0.25) is 5.91 Å². The summed E-state index contributed by atoms with van der Waals surface area (Å²) in [6.07, 6.45) is 13.6. The van der Waals surface area contributed by atoms with Gasteiger partial charge in [0, 0.05) is 38.7 Å². The molecule has 27 heavy (non-hydrogen) atoms.